The standard InChI is InChI=1S/C15H16N2O2.2C10H8N2.F8P2.2F2.I2.Ru/c1-11-5-7-16-13(9-11)14-10-12(6-8-17-14)3-2-4-15(18)19;2*1-3-7-11-9(5-1)10-6-2-4-8-12-10;1-9(2,3,4)10(5,6,7)8;3*1-2;/h5-10H,2-4H2,1H3,(H,18,19);2*1-8H;;;;;/q;;;;;;;+1. The van der Waals surface area contributed by atoms with Gasteiger partial charge in [-0.1, -0.05) is 24.3 Å². The quantitative estimate of drug-likeness (QED) is 0.0694. The maximum Gasteiger partial charge on any atom is 1.00 e. The van der Waals surface area contributed by atoms with Gasteiger partial charge in [0.05, 0.1) is 34.2 Å². The van der Waals surface area contributed by atoms with Crippen LogP contribution in [0.3, 0.4) is 0 Å². The SMILES string of the molecule is Cc1ccnc(-c2cc(CCCC(=O)O)ccn2)c1.FF.FF.FP(F)(F)(F)P(F)(F)(F)F.II.[Ru+].c1ccc(-c2ccccn2)nc1.c1ccc(-c2ccccn2)nc1. The first-order chi connectivity index (χ1) is 27.9. The molecule has 0 fully saturated rings. The molecule has 6 heterocycles. The summed E-state index contributed by atoms with van der Waals surface area (Å²) in [7, 11) is -20.0. The fourth-order valence-electron chi connectivity index (χ4n) is 3.95. The zero-order valence-electron chi connectivity index (χ0n) is 30.4. The number of aromatic nitrogens is 6. The summed E-state index contributed by atoms with van der Waals surface area (Å²) < 4.78 is 117. The molecule has 0 aliphatic carbocycles. The summed E-state index contributed by atoms with van der Waals surface area (Å²) in [6, 6.07) is 31.0. The first-order valence-corrected chi connectivity index (χ1v) is 26.4. The van der Waals surface area contributed by atoms with Crippen LogP contribution in [0.25, 0.3) is 34.2 Å². The normalized spacial score (nSPS) is 11.2. The van der Waals surface area contributed by atoms with E-state index in [-0.39, 0.29) is 25.9 Å². The van der Waals surface area contributed by atoms with Crippen molar-refractivity contribution < 1.29 is 81.3 Å². The van der Waals surface area contributed by atoms with Crippen LogP contribution in [0.4, 0.5) is 51.9 Å². The van der Waals surface area contributed by atoms with E-state index in [0.717, 1.165) is 51.7 Å². The van der Waals surface area contributed by atoms with E-state index >= 15 is 0 Å². The first kappa shape index (κ1) is 58.6. The number of rotatable bonds is 8. The number of carbonyl (C=O) groups is 1. The average Bonchev–Trinajstić information content (AvgIpc) is 3.24. The molecular weight excluding hydrogens is 1180 g/mol. The molecule has 1 N–H and O–H groups in total. The minimum atomic E-state index is -9.98. The van der Waals surface area contributed by atoms with Gasteiger partial charge in [0.1, 0.15) is 0 Å². The Labute approximate surface area is 372 Å². The zero-order chi connectivity index (χ0) is 45.0. The smallest absolute Gasteiger partial charge is 0.255 e. The van der Waals surface area contributed by atoms with E-state index in [0.29, 0.717) is 6.42 Å². The van der Waals surface area contributed by atoms with Crippen LogP contribution in [0.5, 0.6) is 0 Å². The molecule has 0 saturated carbocycles. The summed E-state index contributed by atoms with van der Waals surface area (Å²) >= 11 is 4.24. The van der Waals surface area contributed by atoms with Crippen molar-refractivity contribution in [1.82, 2.24) is 29.9 Å². The largest absolute Gasteiger partial charge is 1.00 e. The Kier molecular flexibility index (Phi) is 29.0. The Morgan fingerprint density at radius 3 is 1.12 bits per heavy atom. The molecule has 0 bridgehead atoms. The fraction of sp³-hybridized carbons (Fsp3) is 0.114. The monoisotopic (exact) mass is 1210 g/mol. The summed E-state index contributed by atoms with van der Waals surface area (Å²) in [6.45, 7) is 2.02. The number of aliphatic carboxylic acids is 1. The number of hydrogen-bond acceptors (Lipinski definition) is 7. The molecule has 0 aliphatic rings. The van der Waals surface area contributed by atoms with Crippen molar-refractivity contribution in [3.63, 3.8) is 0 Å². The maximum absolute atomic E-state index is 10.7. The van der Waals surface area contributed by atoms with Crippen molar-refractivity contribution in [3.05, 3.63) is 145 Å². The molecule has 0 spiro atoms. The van der Waals surface area contributed by atoms with E-state index in [1.54, 1.807) is 37.2 Å². The fourth-order valence-corrected chi connectivity index (χ4v) is 3.95. The van der Waals surface area contributed by atoms with E-state index in [2.05, 4.69) is 67.1 Å². The number of carboxylic acid groups (broad SMARTS) is 1. The average molecular weight is 1210 g/mol. The van der Waals surface area contributed by atoms with Gasteiger partial charge < -0.3 is 5.11 Å². The van der Waals surface area contributed by atoms with Crippen molar-refractivity contribution in [2.24, 2.45) is 0 Å². The van der Waals surface area contributed by atoms with Crippen molar-refractivity contribution in [3.8, 4) is 34.2 Å². The summed E-state index contributed by atoms with van der Waals surface area (Å²) in [5, 5.41) is 8.63. The molecule has 8 nitrogen and oxygen atoms in total. The van der Waals surface area contributed by atoms with E-state index in [9.17, 15) is 38.4 Å². The molecule has 0 aliphatic heterocycles. The van der Waals surface area contributed by atoms with Crippen molar-refractivity contribution in [2.75, 3.05) is 0 Å². The third kappa shape index (κ3) is 22.9. The zero-order valence-corrected chi connectivity index (χ0v) is 38.2. The van der Waals surface area contributed by atoms with Crippen LogP contribution in [0.15, 0.2) is 134 Å². The molecule has 6 aromatic heterocycles. The van der Waals surface area contributed by atoms with E-state index in [4.69, 9.17) is 23.4 Å². The van der Waals surface area contributed by atoms with Crippen molar-refractivity contribution in [2.45, 2.75) is 26.2 Å². The molecule has 60 heavy (non-hydrogen) atoms. The Morgan fingerprint density at radius 1 is 0.517 bits per heavy atom. The van der Waals surface area contributed by atoms with Gasteiger partial charge >= 0.3 is 74.1 Å². The molecule has 25 heteroatoms. The molecule has 6 aromatic rings. The van der Waals surface area contributed by atoms with Gasteiger partial charge in [-0.2, -0.15) is 0 Å². The molecule has 0 saturated heterocycles. The Hall–Kier alpha value is -3.53. The van der Waals surface area contributed by atoms with Crippen molar-refractivity contribution in [1.29, 1.82) is 0 Å². The van der Waals surface area contributed by atoms with Gasteiger partial charge in [-0.05, 0) is 104 Å². The van der Waals surface area contributed by atoms with Gasteiger partial charge in [0.2, 0.25) is 0 Å². The minimum absolute atomic E-state index is 0. The summed E-state index contributed by atoms with van der Waals surface area (Å²) in [5.74, 6) is -0.755. The van der Waals surface area contributed by atoms with Gasteiger partial charge in [-0.15, -0.1) is 0 Å². The molecule has 1 radical (unpaired) electrons. The van der Waals surface area contributed by atoms with Gasteiger partial charge in [-0.3, -0.25) is 34.7 Å². The van der Waals surface area contributed by atoms with Crippen LogP contribution < -0.4 is 0 Å². The van der Waals surface area contributed by atoms with Crippen LogP contribution in [0.1, 0.15) is 24.0 Å². The predicted octanol–water partition coefficient (Wildman–Crippen LogP) is 15.7. The van der Waals surface area contributed by atoms with Crippen LogP contribution >= 0.6 is 52.3 Å². The molecule has 329 valence electrons. The second-order valence-corrected chi connectivity index (χ2v) is 17.1. The number of carboxylic acids is 1. The molecule has 0 amide bonds. The van der Waals surface area contributed by atoms with Crippen LogP contribution in [-0.2, 0) is 30.7 Å². The maximum atomic E-state index is 10.7. The van der Waals surface area contributed by atoms with Gasteiger partial charge in [0.25, 0.3) is 0 Å². The summed E-state index contributed by atoms with van der Waals surface area (Å²) in [6.07, 6.45) is 12.2. The molecule has 6 rings (SSSR count). The van der Waals surface area contributed by atoms with E-state index < -0.39 is 21.0 Å². The van der Waals surface area contributed by atoms with Crippen LogP contribution in [0, 0.1) is 6.92 Å². The van der Waals surface area contributed by atoms with Gasteiger partial charge in [0.15, 0.2) is 0 Å². The van der Waals surface area contributed by atoms with Gasteiger partial charge in [0, 0.05) is 99.1 Å². The van der Waals surface area contributed by atoms with Gasteiger partial charge in [-0.25, -0.2) is 0 Å². The van der Waals surface area contributed by atoms with Crippen LogP contribution in [0.2, 0.25) is 0 Å². The molecular formula is C35H32F12I2N6O2P2Ru+. The molecule has 0 unspecified atom stereocenters. The predicted molar refractivity (Wildman–Crippen MR) is 223 cm³/mol. The van der Waals surface area contributed by atoms with E-state index in [1.165, 1.54) is 0 Å². The Morgan fingerprint density at radius 2 is 0.833 bits per heavy atom. The van der Waals surface area contributed by atoms with Crippen LogP contribution in [-0.4, -0.2) is 41.0 Å². The number of hydrogen-bond donors (Lipinski definition) is 1. The second kappa shape index (κ2) is 29.7. The third-order valence-corrected chi connectivity index (χ3v) is 10.2. The molecule has 0 aromatic carbocycles. The third-order valence-electron chi connectivity index (χ3n) is 6.50. The second-order valence-electron chi connectivity index (χ2n) is 10.7. The number of nitrogens with zero attached hydrogens (tertiary/aromatic N) is 6. The number of halogens is 14. The summed E-state index contributed by atoms with van der Waals surface area (Å²) in [5.41, 5.74) is 7.57. The summed E-state index contributed by atoms with van der Waals surface area (Å²) in [4.78, 5) is 35.9. The van der Waals surface area contributed by atoms with Crippen molar-refractivity contribution >= 4 is 58.3 Å². The number of aryl methyl sites for hydroxylation is 2. The molecule has 0 atom stereocenters. The van der Waals surface area contributed by atoms with E-state index in [1.807, 2.05) is 104 Å². The Balaban J connectivity index is 0. The first-order valence-electron chi connectivity index (χ1n) is 15.8. The Bertz CT molecular complexity index is 1870. The topological polar surface area (TPSA) is 115 Å². The minimum Gasteiger partial charge on any atom is -0.255 e. The number of pyridine rings is 6.